The monoisotopic (exact) mass is 261 g/mol. The van der Waals surface area contributed by atoms with Gasteiger partial charge in [0.05, 0.1) is 11.6 Å². The van der Waals surface area contributed by atoms with E-state index in [1.54, 1.807) is 0 Å². The highest BCUT2D eigenvalue weighted by atomic mass is 35.5. The van der Waals surface area contributed by atoms with E-state index in [2.05, 4.69) is 5.32 Å². The number of aliphatic hydroxyl groups excluding tert-OH is 1. The normalized spacial score (nSPS) is 11.9. The first kappa shape index (κ1) is 13.4. The molecule has 0 heterocycles. The molecule has 1 atom stereocenters. The van der Waals surface area contributed by atoms with E-state index in [0.717, 1.165) is 6.07 Å². The molecule has 0 bridgehead atoms. The molecule has 0 aromatic heterocycles. The van der Waals surface area contributed by atoms with Gasteiger partial charge in [0.15, 0.2) is 6.10 Å². The first-order valence-corrected chi connectivity index (χ1v) is 4.93. The number of carbonyl (C=O) groups excluding carboxylic acids is 1. The third kappa shape index (κ3) is 3.69. The van der Waals surface area contributed by atoms with Crippen molar-refractivity contribution in [2.24, 2.45) is 0 Å². The van der Waals surface area contributed by atoms with Crippen molar-refractivity contribution in [2.75, 3.05) is 6.54 Å². The van der Waals surface area contributed by atoms with Crippen LogP contribution < -0.4 is 5.32 Å². The lowest BCUT2D eigenvalue weighted by atomic mass is 10.2. The van der Waals surface area contributed by atoms with Crippen LogP contribution in [-0.2, 0) is 4.79 Å². The first-order valence-electron chi connectivity index (χ1n) is 4.56. The number of hydrogen-bond donors (Lipinski definition) is 3. The molecule has 7 heteroatoms. The average molecular weight is 262 g/mol. The molecule has 5 nitrogen and oxygen atoms in total. The van der Waals surface area contributed by atoms with Gasteiger partial charge in [0.2, 0.25) is 0 Å². The summed E-state index contributed by atoms with van der Waals surface area (Å²) in [6.45, 7) is -0.460. The quantitative estimate of drug-likeness (QED) is 0.743. The molecule has 0 aliphatic heterocycles. The fourth-order valence-electron chi connectivity index (χ4n) is 1.02. The Labute approximate surface area is 101 Å². The average Bonchev–Trinajstić information content (AvgIpc) is 2.28. The Balaban J connectivity index is 2.64. The molecule has 0 saturated carbocycles. The van der Waals surface area contributed by atoms with Crippen LogP contribution in [-0.4, -0.2) is 34.7 Å². The van der Waals surface area contributed by atoms with Crippen molar-refractivity contribution in [2.45, 2.75) is 6.10 Å². The van der Waals surface area contributed by atoms with Gasteiger partial charge in [-0.3, -0.25) is 4.79 Å². The van der Waals surface area contributed by atoms with Crippen molar-refractivity contribution in [3.63, 3.8) is 0 Å². The van der Waals surface area contributed by atoms with E-state index < -0.39 is 30.3 Å². The van der Waals surface area contributed by atoms with Gasteiger partial charge in [-0.05, 0) is 18.2 Å². The van der Waals surface area contributed by atoms with Gasteiger partial charge in [-0.2, -0.15) is 0 Å². The molecule has 0 unspecified atom stereocenters. The van der Waals surface area contributed by atoms with E-state index in [-0.39, 0.29) is 10.6 Å². The summed E-state index contributed by atoms with van der Waals surface area (Å²) in [6, 6.07) is 3.41. The van der Waals surface area contributed by atoms with Gasteiger partial charge in [-0.1, -0.05) is 11.6 Å². The molecule has 0 aliphatic carbocycles. The fourth-order valence-corrected chi connectivity index (χ4v) is 1.13. The standard InChI is InChI=1S/C10H9ClFNO4/c11-6-2-1-5(3-7(6)12)9(15)13-4-8(14)10(16)17/h1-3,8,14H,4H2,(H,13,15)(H,16,17)/t8-/m0/s1. The molecular weight excluding hydrogens is 253 g/mol. The summed E-state index contributed by atoms with van der Waals surface area (Å²) in [5.41, 5.74) is -0.00973. The molecule has 92 valence electrons. The molecular formula is C10H9ClFNO4. The number of carbonyl (C=O) groups is 2. The number of rotatable bonds is 4. The number of amides is 1. The maximum Gasteiger partial charge on any atom is 0.334 e. The summed E-state index contributed by atoms with van der Waals surface area (Å²) in [6.07, 6.45) is -1.70. The lowest BCUT2D eigenvalue weighted by molar-refractivity contribution is -0.146. The van der Waals surface area contributed by atoms with E-state index in [4.69, 9.17) is 21.8 Å². The zero-order valence-corrected chi connectivity index (χ0v) is 9.24. The van der Waals surface area contributed by atoms with Gasteiger partial charge in [-0.15, -0.1) is 0 Å². The predicted molar refractivity (Wildman–Crippen MR) is 57.4 cm³/mol. The molecule has 0 aliphatic rings. The van der Waals surface area contributed by atoms with E-state index in [0.29, 0.717) is 0 Å². The van der Waals surface area contributed by atoms with E-state index in [1.807, 2.05) is 0 Å². The number of aliphatic carboxylic acids is 1. The van der Waals surface area contributed by atoms with Crippen molar-refractivity contribution in [1.82, 2.24) is 5.32 Å². The molecule has 1 aromatic rings. The van der Waals surface area contributed by atoms with Crippen LogP contribution in [0.15, 0.2) is 18.2 Å². The number of halogens is 2. The summed E-state index contributed by atoms with van der Waals surface area (Å²) in [4.78, 5) is 21.7. The van der Waals surface area contributed by atoms with Crippen molar-refractivity contribution >= 4 is 23.5 Å². The van der Waals surface area contributed by atoms with Gasteiger partial charge < -0.3 is 15.5 Å². The number of carboxylic acid groups (broad SMARTS) is 1. The molecule has 0 radical (unpaired) electrons. The SMILES string of the molecule is O=C(NC[C@H](O)C(=O)O)c1ccc(Cl)c(F)c1. The van der Waals surface area contributed by atoms with E-state index in [9.17, 15) is 14.0 Å². The Morgan fingerprint density at radius 3 is 2.65 bits per heavy atom. The molecule has 0 fully saturated rings. The van der Waals surface area contributed by atoms with Crippen LogP contribution in [0.25, 0.3) is 0 Å². The molecule has 1 aromatic carbocycles. The number of benzene rings is 1. The zero-order chi connectivity index (χ0) is 13.0. The Kier molecular flexibility index (Phi) is 4.42. The summed E-state index contributed by atoms with van der Waals surface area (Å²) >= 11 is 5.43. The Bertz CT molecular complexity index is 452. The van der Waals surface area contributed by atoms with Gasteiger partial charge >= 0.3 is 5.97 Å². The highest BCUT2D eigenvalue weighted by Crippen LogP contribution is 2.15. The second-order valence-corrected chi connectivity index (χ2v) is 3.60. The minimum absolute atomic E-state index is 0.00973. The number of aliphatic hydroxyl groups is 1. The number of carboxylic acids is 1. The van der Waals surface area contributed by atoms with Gasteiger partial charge in [0, 0.05) is 5.56 Å². The van der Waals surface area contributed by atoms with Gasteiger partial charge in [0.1, 0.15) is 5.82 Å². The Morgan fingerprint density at radius 1 is 1.47 bits per heavy atom. The third-order valence-electron chi connectivity index (χ3n) is 1.92. The highest BCUT2D eigenvalue weighted by Gasteiger charge is 2.15. The second kappa shape index (κ2) is 5.60. The van der Waals surface area contributed by atoms with E-state index >= 15 is 0 Å². The maximum absolute atomic E-state index is 13.0. The topological polar surface area (TPSA) is 86.6 Å². The Morgan fingerprint density at radius 2 is 2.12 bits per heavy atom. The van der Waals surface area contributed by atoms with Gasteiger partial charge in [0.25, 0.3) is 5.91 Å². The lowest BCUT2D eigenvalue weighted by Gasteiger charge is -2.08. The molecule has 3 N–H and O–H groups in total. The van der Waals surface area contributed by atoms with Crippen LogP contribution in [0.3, 0.4) is 0 Å². The van der Waals surface area contributed by atoms with Gasteiger partial charge in [-0.25, -0.2) is 9.18 Å². The first-order chi connectivity index (χ1) is 7.91. The van der Waals surface area contributed by atoms with E-state index in [1.165, 1.54) is 12.1 Å². The zero-order valence-electron chi connectivity index (χ0n) is 8.48. The predicted octanol–water partition coefficient (Wildman–Crippen LogP) is 0.654. The smallest absolute Gasteiger partial charge is 0.334 e. The molecule has 17 heavy (non-hydrogen) atoms. The number of nitrogens with one attached hydrogen (secondary N) is 1. The summed E-state index contributed by atoms with van der Waals surface area (Å²) in [7, 11) is 0. The minimum Gasteiger partial charge on any atom is -0.479 e. The maximum atomic E-state index is 13.0. The van der Waals surface area contributed by atoms with Crippen LogP contribution in [0.4, 0.5) is 4.39 Å². The van der Waals surface area contributed by atoms with Crippen LogP contribution in [0, 0.1) is 5.82 Å². The fraction of sp³-hybridized carbons (Fsp3) is 0.200. The van der Waals surface area contributed by atoms with Crippen LogP contribution >= 0.6 is 11.6 Å². The Hall–Kier alpha value is -1.66. The third-order valence-corrected chi connectivity index (χ3v) is 2.23. The molecule has 1 amide bonds. The lowest BCUT2D eigenvalue weighted by Crippen LogP contribution is -2.36. The molecule has 0 saturated heterocycles. The van der Waals surface area contributed by atoms with Crippen molar-refractivity contribution in [3.8, 4) is 0 Å². The van der Waals surface area contributed by atoms with Crippen LogP contribution in [0.1, 0.15) is 10.4 Å². The number of hydrogen-bond acceptors (Lipinski definition) is 3. The van der Waals surface area contributed by atoms with Crippen LogP contribution in [0.5, 0.6) is 0 Å². The summed E-state index contributed by atoms with van der Waals surface area (Å²) < 4.78 is 13.0. The largest absolute Gasteiger partial charge is 0.479 e. The minimum atomic E-state index is -1.70. The second-order valence-electron chi connectivity index (χ2n) is 3.19. The van der Waals surface area contributed by atoms with Crippen molar-refractivity contribution in [3.05, 3.63) is 34.6 Å². The molecule has 1 rings (SSSR count). The van der Waals surface area contributed by atoms with Crippen molar-refractivity contribution < 1.29 is 24.2 Å². The summed E-state index contributed by atoms with van der Waals surface area (Å²) in [5, 5.41) is 19.3. The summed E-state index contributed by atoms with van der Waals surface area (Å²) in [5.74, 6) is -2.90. The van der Waals surface area contributed by atoms with Crippen molar-refractivity contribution in [1.29, 1.82) is 0 Å². The highest BCUT2D eigenvalue weighted by molar-refractivity contribution is 6.30. The van der Waals surface area contributed by atoms with Crippen LogP contribution in [0.2, 0.25) is 5.02 Å². The molecule has 0 spiro atoms.